The molecule has 7 heteroatoms. The molecule has 1 aliphatic heterocycles. The quantitative estimate of drug-likeness (QED) is 0.879. The number of piperidine rings is 1. The maximum absolute atomic E-state index is 13.3. The Morgan fingerprint density at radius 1 is 1.36 bits per heavy atom. The van der Waals surface area contributed by atoms with Gasteiger partial charge in [-0.1, -0.05) is 17.7 Å². The molecular weight excluding hydrogens is 347 g/mol. The van der Waals surface area contributed by atoms with E-state index in [1.54, 1.807) is 12.4 Å². The van der Waals surface area contributed by atoms with Gasteiger partial charge in [0, 0.05) is 19.3 Å². The van der Waals surface area contributed by atoms with Crippen LogP contribution in [0.2, 0.25) is 5.02 Å². The Morgan fingerprint density at radius 2 is 2.12 bits per heavy atom. The van der Waals surface area contributed by atoms with E-state index in [0.29, 0.717) is 37.2 Å². The van der Waals surface area contributed by atoms with Crippen molar-refractivity contribution >= 4 is 17.6 Å². The Balaban J connectivity index is 1.66. The van der Waals surface area contributed by atoms with E-state index in [9.17, 15) is 14.3 Å². The van der Waals surface area contributed by atoms with Crippen molar-refractivity contribution < 1.29 is 19.0 Å². The Hall–Kier alpha value is -2.18. The van der Waals surface area contributed by atoms with Gasteiger partial charge in [0.05, 0.1) is 11.2 Å². The van der Waals surface area contributed by atoms with E-state index in [-0.39, 0.29) is 11.1 Å². The summed E-state index contributed by atoms with van der Waals surface area (Å²) in [6.07, 6.45) is 4.77. The lowest BCUT2D eigenvalue weighted by Gasteiger charge is -2.35. The van der Waals surface area contributed by atoms with Crippen LogP contribution in [-0.4, -0.2) is 40.2 Å². The Morgan fingerprint density at radius 3 is 2.72 bits per heavy atom. The van der Waals surface area contributed by atoms with Crippen molar-refractivity contribution in [3.8, 4) is 5.75 Å². The number of rotatable bonds is 5. The number of likely N-dealkylation sites (tertiary alicyclic amines) is 1. The molecule has 0 spiro atoms. The van der Waals surface area contributed by atoms with Crippen molar-refractivity contribution in [2.45, 2.75) is 25.0 Å². The normalized spacial score (nSPS) is 17.2. The van der Waals surface area contributed by atoms with Crippen LogP contribution in [0.25, 0.3) is 0 Å². The Labute approximate surface area is 150 Å². The highest BCUT2D eigenvalue weighted by molar-refractivity contribution is 6.30. The van der Waals surface area contributed by atoms with Crippen LogP contribution in [0.3, 0.4) is 0 Å². The van der Waals surface area contributed by atoms with E-state index < -0.39 is 17.8 Å². The Bertz CT molecular complexity index is 736. The molecule has 1 saturated heterocycles. The number of nitrogens with zero attached hydrogens (tertiary/aromatic N) is 2. The molecule has 0 amide bonds. The average Bonchev–Trinajstić information content (AvgIpc) is 2.60. The zero-order valence-electron chi connectivity index (χ0n) is 13.4. The molecule has 5 nitrogen and oxygen atoms in total. The van der Waals surface area contributed by atoms with Gasteiger partial charge in [0.15, 0.2) is 0 Å². The van der Waals surface area contributed by atoms with Gasteiger partial charge in [0.1, 0.15) is 23.7 Å². The summed E-state index contributed by atoms with van der Waals surface area (Å²) in [5, 5.41) is 9.55. The molecule has 0 radical (unpaired) electrons. The molecule has 1 atom stereocenters. The molecule has 1 aromatic carbocycles. The average molecular weight is 365 g/mol. The summed E-state index contributed by atoms with van der Waals surface area (Å²) in [6.45, 7) is 1.13. The second kappa shape index (κ2) is 7.80. The monoisotopic (exact) mass is 364 g/mol. The van der Waals surface area contributed by atoms with E-state index in [1.807, 2.05) is 17.0 Å². The summed E-state index contributed by atoms with van der Waals surface area (Å²) >= 11 is 5.80. The van der Waals surface area contributed by atoms with Crippen molar-refractivity contribution in [1.29, 1.82) is 0 Å². The highest BCUT2D eigenvalue weighted by Gasteiger charge is 2.32. The number of carboxylic acids is 1. The molecule has 3 rings (SSSR count). The topological polar surface area (TPSA) is 62.7 Å². The van der Waals surface area contributed by atoms with Gasteiger partial charge in [-0.2, -0.15) is 0 Å². The smallest absolute Gasteiger partial charge is 0.325 e. The first-order valence-corrected chi connectivity index (χ1v) is 8.41. The van der Waals surface area contributed by atoms with Crippen LogP contribution in [0.4, 0.5) is 4.39 Å². The third-order valence-electron chi connectivity index (χ3n) is 4.27. The number of hydrogen-bond donors (Lipinski definition) is 1. The molecular formula is C18H18ClFN2O3. The summed E-state index contributed by atoms with van der Waals surface area (Å²) in [7, 11) is 0. The van der Waals surface area contributed by atoms with Crippen molar-refractivity contribution in [3.63, 3.8) is 0 Å². The number of carbonyl (C=O) groups is 1. The van der Waals surface area contributed by atoms with E-state index in [2.05, 4.69) is 4.98 Å². The van der Waals surface area contributed by atoms with Crippen molar-refractivity contribution in [2.75, 3.05) is 13.1 Å². The van der Waals surface area contributed by atoms with Gasteiger partial charge in [0.25, 0.3) is 0 Å². The maximum Gasteiger partial charge on any atom is 0.325 e. The maximum atomic E-state index is 13.3. The molecule has 1 fully saturated rings. The highest BCUT2D eigenvalue weighted by atomic mass is 35.5. The zero-order valence-corrected chi connectivity index (χ0v) is 14.2. The molecule has 2 aromatic rings. The number of carboxylic acid groups (broad SMARTS) is 1. The van der Waals surface area contributed by atoms with Crippen LogP contribution in [0.1, 0.15) is 24.4 Å². The van der Waals surface area contributed by atoms with Crippen molar-refractivity contribution in [2.24, 2.45) is 0 Å². The number of halogens is 2. The fraction of sp³-hybridized carbons (Fsp3) is 0.333. The molecule has 0 aliphatic carbocycles. The molecule has 0 saturated carbocycles. The lowest BCUT2D eigenvalue weighted by molar-refractivity contribution is -0.144. The van der Waals surface area contributed by atoms with Crippen LogP contribution in [0.5, 0.6) is 5.75 Å². The summed E-state index contributed by atoms with van der Waals surface area (Å²) in [6, 6.07) is 6.86. The third-order valence-corrected chi connectivity index (χ3v) is 4.56. The Kier molecular flexibility index (Phi) is 5.50. The second-order valence-electron chi connectivity index (χ2n) is 5.96. The van der Waals surface area contributed by atoms with Crippen LogP contribution in [-0.2, 0) is 4.79 Å². The molecule has 1 N–H and O–H groups in total. The first-order valence-electron chi connectivity index (χ1n) is 8.03. The first-order chi connectivity index (χ1) is 12.0. The predicted molar refractivity (Wildman–Crippen MR) is 91.2 cm³/mol. The number of ether oxygens (including phenoxy) is 1. The molecule has 132 valence electrons. The SMILES string of the molecule is O=C(O)C(c1ccc(F)c(Cl)c1)N1CCC(Oc2cccnc2)CC1. The van der Waals surface area contributed by atoms with Gasteiger partial charge in [-0.25, -0.2) is 4.39 Å². The van der Waals surface area contributed by atoms with Gasteiger partial charge in [-0.3, -0.25) is 14.7 Å². The minimum absolute atomic E-state index is 0.0201. The molecule has 1 unspecified atom stereocenters. The van der Waals surface area contributed by atoms with Crippen LogP contribution in [0, 0.1) is 5.82 Å². The molecule has 2 heterocycles. The number of aromatic nitrogens is 1. The van der Waals surface area contributed by atoms with Crippen LogP contribution < -0.4 is 4.74 Å². The molecule has 0 bridgehead atoms. The molecule has 1 aliphatic rings. The number of pyridine rings is 1. The first kappa shape index (κ1) is 17.6. The fourth-order valence-electron chi connectivity index (χ4n) is 3.05. The summed E-state index contributed by atoms with van der Waals surface area (Å²) < 4.78 is 19.2. The largest absolute Gasteiger partial charge is 0.489 e. The lowest BCUT2D eigenvalue weighted by Crippen LogP contribution is -2.43. The number of hydrogen-bond acceptors (Lipinski definition) is 4. The van der Waals surface area contributed by atoms with Gasteiger partial charge >= 0.3 is 5.97 Å². The highest BCUT2D eigenvalue weighted by Crippen LogP contribution is 2.29. The second-order valence-corrected chi connectivity index (χ2v) is 6.36. The summed E-state index contributed by atoms with van der Waals surface area (Å²) in [5.74, 6) is -0.825. The van der Waals surface area contributed by atoms with Gasteiger partial charge < -0.3 is 9.84 Å². The van der Waals surface area contributed by atoms with Gasteiger partial charge in [0.2, 0.25) is 0 Å². The van der Waals surface area contributed by atoms with Crippen LogP contribution in [0.15, 0.2) is 42.7 Å². The predicted octanol–water partition coefficient (Wildman–Crippen LogP) is 3.54. The lowest BCUT2D eigenvalue weighted by atomic mass is 10.0. The van der Waals surface area contributed by atoms with Crippen molar-refractivity contribution in [1.82, 2.24) is 9.88 Å². The zero-order chi connectivity index (χ0) is 17.8. The molecule has 1 aromatic heterocycles. The van der Waals surface area contributed by atoms with Crippen LogP contribution >= 0.6 is 11.6 Å². The van der Waals surface area contributed by atoms with E-state index in [0.717, 1.165) is 0 Å². The summed E-state index contributed by atoms with van der Waals surface area (Å²) in [5.41, 5.74) is 0.477. The fourth-order valence-corrected chi connectivity index (χ4v) is 3.24. The number of benzene rings is 1. The van der Waals surface area contributed by atoms with Gasteiger partial charge in [-0.15, -0.1) is 0 Å². The third kappa shape index (κ3) is 4.27. The molecule has 25 heavy (non-hydrogen) atoms. The standard InChI is InChI=1S/C18H18ClFN2O3/c19-15-10-12(3-4-16(15)20)17(18(23)24)22-8-5-13(6-9-22)25-14-2-1-7-21-11-14/h1-4,7,10-11,13,17H,5-6,8-9H2,(H,23,24). The minimum atomic E-state index is -0.977. The van der Waals surface area contributed by atoms with E-state index >= 15 is 0 Å². The van der Waals surface area contributed by atoms with Crippen molar-refractivity contribution in [3.05, 3.63) is 59.1 Å². The van der Waals surface area contributed by atoms with E-state index in [1.165, 1.54) is 18.2 Å². The minimum Gasteiger partial charge on any atom is -0.489 e. The van der Waals surface area contributed by atoms with E-state index in [4.69, 9.17) is 16.3 Å². The number of aliphatic carboxylic acids is 1. The summed E-state index contributed by atoms with van der Waals surface area (Å²) in [4.78, 5) is 17.6. The van der Waals surface area contributed by atoms with Gasteiger partial charge in [-0.05, 0) is 42.7 Å².